The Hall–Kier alpha value is -1.96. The molecular formula is C12H11F3N2O3. The maximum atomic E-state index is 12.7. The van der Waals surface area contributed by atoms with Gasteiger partial charge in [0.15, 0.2) is 0 Å². The van der Waals surface area contributed by atoms with Gasteiger partial charge in [0.05, 0.1) is 18.8 Å². The molecule has 1 fully saturated rings. The zero-order chi connectivity index (χ0) is 14.8. The summed E-state index contributed by atoms with van der Waals surface area (Å²) in [5, 5.41) is 2.49. The van der Waals surface area contributed by atoms with Gasteiger partial charge >= 0.3 is 6.18 Å². The Morgan fingerprint density at radius 2 is 1.85 bits per heavy atom. The summed E-state index contributed by atoms with van der Waals surface area (Å²) in [7, 11) is 0. The molecule has 8 heteroatoms. The van der Waals surface area contributed by atoms with Crippen LogP contribution in [0.3, 0.4) is 0 Å². The minimum atomic E-state index is -4.64. The maximum Gasteiger partial charge on any atom is 0.416 e. The van der Waals surface area contributed by atoms with Crippen LogP contribution in [0.4, 0.5) is 18.9 Å². The van der Waals surface area contributed by atoms with Gasteiger partial charge in [-0.1, -0.05) is 0 Å². The van der Waals surface area contributed by atoms with Crippen LogP contribution in [0.5, 0.6) is 0 Å². The maximum absolute atomic E-state index is 12.7. The third kappa shape index (κ3) is 3.13. The second-order valence-corrected chi connectivity index (χ2v) is 4.26. The van der Waals surface area contributed by atoms with Gasteiger partial charge in [-0.15, -0.1) is 4.91 Å². The molecule has 1 saturated heterocycles. The van der Waals surface area contributed by atoms with Gasteiger partial charge in [-0.3, -0.25) is 4.79 Å². The number of hydrogen-bond donors (Lipinski definition) is 0. The van der Waals surface area contributed by atoms with E-state index in [4.69, 9.17) is 4.74 Å². The van der Waals surface area contributed by atoms with E-state index < -0.39 is 23.3 Å². The molecule has 0 radical (unpaired) electrons. The summed E-state index contributed by atoms with van der Waals surface area (Å²) in [5.74, 6) is -0.565. The summed E-state index contributed by atoms with van der Waals surface area (Å²) in [6, 6.07) is 2.40. The van der Waals surface area contributed by atoms with Gasteiger partial charge in [0.2, 0.25) is 0 Å². The van der Waals surface area contributed by atoms with Crippen molar-refractivity contribution in [2.75, 3.05) is 26.3 Å². The van der Waals surface area contributed by atoms with Crippen molar-refractivity contribution in [1.82, 2.24) is 4.90 Å². The molecule has 1 heterocycles. The molecule has 0 N–H and O–H groups in total. The molecule has 0 aromatic heterocycles. The van der Waals surface area contributed by atoms with Gasteiger partial charge in [-0.2, -0.15) is 13.2 Å². The number of carbonyl (C=O) groups is 1. The molecule has 108 valence electrons. The van der Waals surface area contributed by atoms with E-state index in [0.717, 1.165) is 12.1 Å². The van der Waals surface area contributed by atoms with Crippen LogP contribution in [-0.2, 0) is 10.9 Å². The molecule has 2 rings (SSSR count). The summed E-state index contributed by atoms with van der Waals surface area (Å²) in [6.07, 6.45) is -4.64. The average Bonchev–Trinajstić information content (AvgIpc) is 2.46. The zero-order valence-electron chi connectivity index (χ0n) is 10.3. The third-order valence-electron chi connectivity index (χ3n) is 2.90. The van der Waals surface area contributed by atoms with Crippen molar-refractivity contribution in [2.45, 2.75) is 6.18 Å². The summed E-state index contributed by atoms with van der Waals surface area (Å²) >= 11 is 0. The standard InChI is InChI=1S/C12H11F3N2O3/c13-12(14,15)9-5-8(6-10(7-9)16-19)11(18)17-1-3-20-4-2-17/h5-7H,1-4H2. The third-order valence-corrected chi connectivity index (χ3v) is 2.90. The van der Waals surface area contributed by atoms with E-state index in [1.807, 2.05) is 0 Å². The first-order valence-corrected chi connectivity index (χ1v) is 5.84. The topological polar surface area (TPSA) is 59.0 Å². The van der Waals surface area contributed by atoms with Crippen molar-refractivity contribution in [2.24, 2.45) is 5.18 Å². The largest absolute Gasteiger partial charge is 0.416 e. The SMILES string of the molecule is O=Nc1cc(C(=O)N2CCOCC2)cc(C(F)(F)F)c1. The van der Waals surface area contributed by atoms with Gasteiger partial charge in [0.1, 0.15) is 5.69 Å². The van der Waals surface area contributed by atoms with E-state index in [2.05, 4.69) is 5.18 Å². The highest BCUT2D eigenvalue weighted by Crippen LogP contribution is 2.33. The van der Waals surface area contributed by atoms with Crippen LogP contribution in [0.1, 0.15) is 15.9 Å². The van der Waals surface area contributed by atoms with Crippen LogP contribution in [0, 0.1) is 4.91 Å². The molecule has 1 aromatic carbocycles. The molecule has 0 atom stereocenters. The minimum absolute atomic E-state index is 0.198. The monoisotopic (exact) mass is 288 g/mol. The lowest BCUT2D eigenvalue weighted by Crippen LogP contribution is -2.40. The lowest BCUT2D eigenvalue weighted by atomic mass is 10.1. The first kappa shape index (κ1) is 14.4. The predicted octanol–water partition coefficient (Wildman–Crippen LogP) is 2.58. The van der Waals surface area contributed by atoms with E-state index in [1.54, 1.807) is 0 Å². The number of amides is 1. The molecule has 1 aliphatic rings. The van der Waals surface area contributed by atoms with Crippen molar-refractivity contribution >= 4 is 11.6 Å². The Morgan fingerprint density at radius 3 is 2.40 bits per heavy atom. The molecule has 0 unspecified atom stereocenters. The fourth-order valence-corrected chi connectivity index (χ4v) is 1.90. The summed E-state index contributed by atoms with van der Waals surface area (Å²) < 4.78 is 43.2. The first-order valence-electron chi connectivity index (χ1n) is 5.84. The minimum Gasteiger partial charge on any atom is -0.378 e. The van der Waals surface area contributed by atoms with Crippen LogP contribution in [0.2, 0.25) is 0 Å². The highest BCUT2D eigenvalue weighted by atomic mass is 19.4. The van der Waals surface area contributed by atoms with Crippen molar-refractivity contribution in [1.29, 1.82) is 0 Å². The molecule has 20 heavy (non-hydrogen) atoms. The molecule has 0 aliphatic carbocycles. The van der Waals surface area contributed by atoms with E-state index in [9.17, 15) is 22.9 Å². The van der Waals surface area contributed by atoms with Crippen LogP contribution in [0.15, 0.2) is 23.4 Å². The molecule has 1 aromatic rings. The van der Waals surface area contributed by atoms with Gasteiger partial charge < -0.3 is 9.64 Å². The quantitative estimate of drug-likeness (QED) is 0.786. The van der Waals surface area contributed by atoms with E-state index >= 15 is 0 Å². The van der Waals surface area contributed by atoms with E-state index in [0.29, 0.717) is 32.4 Å². The van der Waals surface area contributed by atoms with Gasteiger partial charge in [-0.25, -0.2) is 0 Å². The normalized spacial score (nSPS) is 16.1. The number of ether oxygens (including phenoxy) is 1. The summed E-state index contributed by atoms with van der Waals surface area (Å²) in [5.41, 5.74) is -1.68. The number of nitroso groups, excluding NO2 is 1. The van der Waals surface area contributed by atoms with Gasteiger partial charge in [0, 0.05) is 18.7 Å². The van der Waals surface area contributed by atoms with Gasteiger partial charge in [-0.05, 0) is 23.4 Å². The van der Waals surface area contributed by atoms with Crippen LogP contribution < -0.4 is 0 Å². The first-order chi connectivity index (χ1) is 9.41. The second-order valence-electron chi connectivity index (χ2n) is 4.26. The molecule has 1 amide bonds. The van der Waals surface area contributed by atoms with E-state index in [-0.39, 0.29) is 5.56 Å². The number of carbonyl (C=O) groups excluding carboxylic acids is 1. The molecule has 1 aliphatic heterocycles. The lowest BCUT2D eigenvalue weighted by Gasteiger charge is -2.27. The Labute approximate surface area is 112 Å². The highest BCUT2D eigenvalue weighted by Gasteiger charge is 2.32. The molecule has 0 spiro atoms. The number of benzene rings is 1. The lowest BCUT2D eigenvalue weighted by molar-refractivity contribution is -0.137. The zero-order valence-corrected chi connectivity index (χ0v) is 10.3. The number of rotatable bonds is 2. The van der Waals surface area contributed by atoms with Crippen molar-refractivity contribution in [3.8, 4) is 0 Å². The summed E-state index contributed by atoms with van der Waals surface area (Å²) in [4.78, 5) is 24.0. The molecular weight excluding hydrogens is 277 g/mol. The predicted molar refractivity (Wildman–Crippen MR) is 63.6 cm³/mol. The van der Waals surface area contributed by atoms with Crippen LogP contribution in [-0.4, -0.2) is 37.1 Å². The fourth-order valence-electron chi connectivity index (χ4n) is 1.90. The molecule has 0 bridgehead atoms. The average molecular weight is 288 g/mol. The number of halogens is 3. The Balaban J connectivity index is 2.35. The van der Waals surface area contributed by atoms with Crippen LogP contribution >= 0.6 is 0 Å². The fraction of sp³-hybridized carbons (Fsp3) is 0.417. The van der Waals surface area contributed by atoms with Crippen molar-refractivity contribution in [3.63, 3.8) is 0 Å². The second kappa shape index (κ2) is 5.58. The Kier molecular flexibility index (Phi) is 4.03. The number of hydrogen-bond acceptors (Lipinski definition) is 4. The Bertz CT molecular complexity index is 525. The smallest absolute Gasteiger partial charge is 0.378 e. The van der Waals surface area contributed by atoms with Gasteiger partial charge in [0.25, 0.3) is 5.91 Å². The van der Waals surface area contributed by atoms with E-state index in [1.165, 1.54) is 4.90 Å². The van der Waals surface area contributed by atoms with Crippen molar-refractivity contribution in [3.05, 3.63) is 34.2 Å². The summed E-state index contributed by atoms with van der Waals surface area (Å²) in [6.45, 7) is 1.28. The van der Waals surface area contributed by atoms with Crippen molar-refractivity contribution < 1.29 is 22.7 Å². The molecule has 0 saturated carbocycles. The van der Waals surface area contributed by atoms with Crippen LogP contribution in [0.25, 0.3) is 0 Å². The molecule has 5 nitrogen and oxygen atoms in total. The number of morpholine rings is 1. The number of alkyl halides is 3. The number of nitrogens with zero attached hydrogens (tertiary/aromatic N) is 2. The Morgan fingerprint density at radius 1 is 1.20 bits per heavy atom. The highest BCUT2D eigenvalue weighted by molar-refractivity contribution is 5.95.